The Kier molecular flexibility index (Phi) is 3.66. The van der Waals surface area contributed by atoms with Crippen LogP contribution in [-0.2, 0) is 10.0 Å². The second kappa shape index (κ2) is 5.64. The van der Waals surface area contributed by atoms with Gasteiger partial charge < -0.3 is 0 Å². The zero-order valence-corrected chi connectivity index (χ0v) is 15.5. The number of aryl methyl sites for hydroxylation is 1. The van der Waals surface area contributed by atoms with Crippen molar-refractivity contribution in [1.29, 1.82) is 0 Å². The van der Waals surface area contributed by atoms with E-state index in [2.05, 4.69) is 20.9 Å². The molecule has 0 spiro atoms. The van der Waals surface area contributed by atoms with Crippen LogP contribution < -0.4 is 0 Å². The number of pyridine rings is 1. The molecule has 4 nitrogen and oxygen atoms in total. The number of rotatable bonds is 2. The van der Waals surface area contributed by atoms with Crippen molar-refractivity contribution in [3.05, 3.63) is 70.6 Å². The van der Waals surface area contributed by atoms with Crippen molar-refractivity contribution in [3.63, 3.8) is 0 Å². The fourth-order valence-corrected chi connectivity index (χ4v) is 4.64. The van der Waals surface area contributed by atoms with Gasteiger partial charge in [-0.25, -0.2) is 21.8 Å². The lowest BCUT2D eigenvalue weighted by Crippen LogP contribution is -2.13. The van der Waals surface area contributed by atoms with Crippen LogP contribution in [0.1, 0.15) is 5.56 Å². The average molecular weight is 419 g/mol. The zero-order valence-electron chi connectivity index (χ0n) is 13.1. The molecule has 2 aromatic heterocycles. The normalized spacial score (nSPS) is 12.1. The molecule has 0 atom stereocenters. The summed E-state index contributed by atoms with van der Waals surface area (Å²) in [6.45, 7) is 1.89. The van der Waals surface area contributed by atoms with Crippen LogP contribution in [0.2, 0.25) is 0 Å². The fourth-order valence-electron chi connectivity index (χ4n) is 2.86. The molecule has 0 amide bonds. The summed E-state index contributed by atoms with van der Waals surface area (Å²) < 4.78 is 41.9. The van der Waals surface area contributed by atoms with Crippen molar-refractivity contribution in [2.45, 2.75) is 11.8 Å². The molecular formula is C18H12BrFN2O2S. The molecule has 0 aliphatic rings. The van der Waals surface area contributed by atoms with E-state index in [4.69, 9.17) is 0 Å². The van der Waals surface area contributed by atoms with Crippen molar-refractivity contribution >= 4 is 47.9 Å². The van der Waals surface area contributed by atoms with Gasteiger partial charge >= 0.3 is 0 Å². The molecule has 7 heteroatoms. The molecule has 126 valence electrons. The van der Waals surface area contributed by atoms with Gasteiger partial charge in [0.2, 0.25) is 0 Å². The lowest BCUT2D eigenvalue weighted by atomic mass is 10.2. The molecule has 0 N–H and O–H groups in total. The minimum absolute atomic E-state index is 0.156. The number of halogens is 2. The first kappa shape index (κ1) is 16.2. The Labute approximate surface area is 152 Å². The minimum atomic E-state index is -3.88. The van der Waals surface area contributed by atoms with Gasteiger partial charge in [0.25, 0.3) is 10.0 Å². The molecule has 0 aliphatic carbocycles. The van der Waals surface area contributed by atoms with E-state index in [1.54, 1.807) is 36.4 Å². The van der Waals surface area contributed by atoms with Crippen molar-refractivity contribution in [1.82, 2.24) is 8.96 Å². The number of hydrogen-bond donors (Lipinski definition) is 0. The van der Waals surface area contributed by atoms with Gasteiger partial charge in [0.05, 0.1) is 10.4 Å². The van der Waals surface area contributed by atoms with E-state index in [9.17, 15) is 12.8 Å². The molecule has 0 radical (unpaired) electrons. The predicted molar refractivity (Wildman–Crippen MR) is 98.7 cm³/mol. The maximum Gasteiger partial charge on any atom is 0.269 e. The first-order valence-electron chi connectivity index (χ1n) is 7.46. The summed E-state index contributed by atoms with van der Waals surface area (Å²) >= 11 is 3.28. The van der Waals surface area contributed by atoms with Crippen molar-refractivity contribution in [2.75, 3.05) is 0 Å². The van der Waals surface area contributed by atoms with Crippen LogP contribution in [0.15, 0.2) is 64.1 Å². The zero-order chi connectivity index (χ0) is 17.8. The molecule has 0 unspecified atom stereocenters. The predicted octanol–water partition coefficient (Wildman–Crippen LogP) is 4.64. The molecule has 25 heavy (non-hydrogen) atoms. The summed E-state index contributed by atoms with van der Waals surface area (Å²) in [6, 6.07) is 14.1. The topological polar surface area (TPSA) is 52.0 Å². The van der Waals surface area contributed by atoms with Gasteiger partial charge in [-0.3, -0.25) is 0 Å². The van der Waals surface area contributed by atoms with Crippen LogP contribution in [0.4, 0.5) is 4.39 Å². The Hall–Kier alpha value is -2.25. The van der Waals surface area contributed by atoms with E-state index in [1.165, 1.54) is 22.2 Å². The maximum atomic E-state index is 13.7. The maximum absolute atomic E-state index is 13.7. The third-order valence-electron chi connectivity index (χ3n) is 4.06. The van der Waals surface area contributed by atoms with Gasteiger partial charge in [-0.15, -0.1) is 0 Å². The van der Waals surface area contributed by atoms with E-state index >= 15 is 0 Å². The molecule has 0 bridgehead atoms. The van der Waals surface area contributed by atoms with E-state index in [0.717, 1.165) is 5.56 Å². The molecule has 4 rings (SSSR count). The SMILES string of the molecule is Cc1ccc(S(=O)(=O)n2c3ccc(F)cc3c3ccc(Br)nc32)cc1. The van der Waals surface area contributed by atoms with E-state index < -0.39 is 15.8 Å². The molecule has 4 aromatic rings. The highest BCUT2D eigenvalue weighted by Gasteiger charge is 2.24. The molecule has 2 heterocycles. The van der Waals surface area contributed by atoms with Crippen molar-refractivity contribution in [2.24, 2.45) is 0 Å². The summed E-state index contributed by atoms with van der Waals surface area (Å²) in [5, 5.41) is 1.08. The number of aromatic nitrogens is 2. The van der Waals surface area contributed by atoms with Gasteiger partial charge in [0.15, 0.2) is 5.65 Å². The van der Waals surface area contributed by atoms with Crippen molar-refractivity contribution in [3.8, 4) is 0 Å². The van der Waals surface area contributed by atoms with E-state index in [-0.39, 0.29) is 10.5 Å². The van der Waals surface area contributed by atoms with Crippen LogP contribution >= 0.6 is 15.9 Å². The minimum Gasteiger partial charge on any atom is -0.222 e. The molecule has 2 aromatic carbocycles. The lowest BCUT2D eigenvalue weighted by Gasteiger charge is -2.09. The Morgan fingerprint density at radius 1 is 1.00 bits per heavy atom. The highest BCUT2D eigenvalue weighted by atomic mass is 79.9. The highest BCUT2D eigenvalue weighted by Crippen LogP contribution is 2.32. The Bertz CT molecular complexity index is 1230. The van der Waals surface area contributed by atoms with Gasteiger partial charge in [-0.1, -0.05) is 17.7 Å². The molecule has 0 saturated heterocycles. The standard InChI is InChI=1S/C18H12BrFN2O2S/c1-11-2-5-13(6-3-11)25(23,24)22-16-8-4-12(20)10-15(16)14-7-9-17(19)21-18(14)22/h2-10H,1H3. The van der Waals surface area contributed by atoms with E-state index in [0.29, 0.717) is 20.9 Å². The van der Waals surface area contributed by atoms with Crippen LogP contribution in [0.5, 0.6) is 0 Å². The number of benzene rings is 2. The van der Waals surface area contributed by atoms with Gasteiger partial charge in [0.1, 0.15) is 10.4 Å². The summed E-state index contributed by atoms with van der Waals surface area (Å²) in [6.07, 6.45) is 0. The number of hydrogen-bond acceptors (Lipinski definition) is 3. The van der Waals surface area contributed by atoms with Gasteiger partial charge in [-0.05, 0) is 65.3 Å². The molecule has 0 aliphatic heterocycles. The third kappa shape index (κ3) is 2.54. The van der Waals surface area contributed by atoms with Crippen LogP contribution in [0.3, 0.4) is 0 Å². The summed E-state index contributed by atoms with van der Waals surface area (Å²) in [7, 11) is -3.88. The Morgan fingerprint density at radius 2 is 1.72 bits per heavy atom. The molecule has 0 saturated carbocycles. The Morgan fingerprint density at radius 3 is 2.44 bits per heavy atom. The first-order valence-corrected chi connectivity index (χ1v) is 9.70. The summed E-state index contributed by atoms with van der Waals surface area (Å²) in [5.41, 5.74) is 1.61. The van der Waals surface area contributed by atoms with Crippen LogP contribution in [-0.4, -0.2) is 17.4 Å². The monoisotopic (exact) mass is 418 g/mol. The fraction of sp³-hybridized carbons (Fsp3) is 0.0556. The first-order chi connectivity index (χ1) is 11.9. The van der Waals surface area contributed by atoms with Gasteiger partial charge in [-0.2, -0.15) is 0 Å². The average Bonchev–Trinajstić information content (AvgIpc) is 2.88. The second-order valence-corrected chi connectivity index (χ2v) is 8.35. The highest BCUT2D eigenvalue weighted by molar-refractivity contribution is 9.10. The number of nitrogens with zero attached hydrogens (tertiary/aromatic N) is 2. The Balaban J connectivity index is 2.15. The smallest absolute Gasteiger partial charge is 0.222 e. The van der Waals surface area contributed by atoms with Crippen molar-refractivity contribution < 1.29 is 12.8 Å². The van der Waals surface area contributed by atoms with Gasteiger partial charge in [0, 0.05) is 10.8 Å². The second-order valence-electron chi connectivity index (χ2n) is 5.75. The molecule has 0 fully saturated rings. The lowest BCUT2D eigenvalue weighted by molar-refractivity contribution is 0.590. The van der Waals surface area contributed by atoms with Crippen LogP contribution in [0, 0.1) is 12.7 Å². The largest absolute Gasteiger partial charge is 0.269 e. The molecular weight excluding hydrogens is 407 g/mol. The van der Waals surface area contributed by atoms with Crippen LogP contribution in [0.25, 0.3) is 21.9 Å². The summed E-state index contributed by atoms with van der Waals surface area (Å²) in [5.74, 6) is -0.429. The third-order valence-corrected chi connectivity index (χ3v) is 6.22. The summed E-state index contributed by atoms with van der Waals surface area (Å²) in [4.78, 5) is 4.49. The van der Waals surface area contributed by atoms with E-state index in [1.807, 2.05) is 6.92 Å². The number of fused-ring (bicyclic) bond motifs is 3. The quantitative estimate of drug-likeness (QED) is 0.445.